The summed E-state index contributed by atoms with van der Waals surface area (Å²) in [4.78, 5) is 13.8. The van der Waals surface area contributed by atoms with Crippen LogP contribution in [0.1, 0.15) is 33.1 Å². The highest BCUT2D eigenvalue weighted by Crippen LogP contribution is 2.36. The first kappa shape index (κ1) is 9.77. The molecule has 4 heteroatoms. The Labute approximate surface area is 84.8 Å². The molecule has 0 aliphatic carbocycles. The maximum Gasteiger partial charge on any atom is 0.318 e. The van der Waals surface area contributed by atoms with Gasteiger partial charge in [0.05, 0.1) is 0 Å². The second-order valence-electron chi connectivity index (χ2n) is 4.71. The van der Waals surface area contributed by atoms with Crippen LogP contribution >= 0.6 is 0 Å². The standard InChI is InChI=1S/C10H19N3O/c1-6(2)12-10(14)13-7-3-4-9(13)8(11)5-7/h6-9H,3-5,11H2,1-2H3,(H,12,14). The molecule has 4 nitrogen and oxygen atoms in total. The summed E-state index contributed by atoms with van der Waals surface area (Å²) >= 11 is 0. The van der Waals surface area contributed by atoms with Gasteiger partial charge in [0.2, 0.25) is 0 Å². The van der Waals surface area contributed by atoms with Crippen LogP contribution in [0.2, 0.25) is 0 Å². The molecule has 2 fully saturated rings. The van der Waals surface area contributed by atoms with Crippen molar-refractivity contribution in [1.29, 1.82) is 0 Å². The molecule has 2 heterocycles. The maximum atomic E-state index is 11.8. The zero-order chi connectivity index (χ0) is 10.3. The van der Waals surface area contributed by atoms with Crippen LogP contribution in [-0.2, 0) is 0 Å². The molecule has 2 saturated heterocycles. The molecular weight excluding hydrogens is 178 g/mol. The Hall–Kier alpha value is -0.770. The summed E-state index contributed by atoms with van der Waals surface area (Å²) in [5, 5.41) is 2.94. The van der Waals surface area contributed by atoms with Gasteiger partial charge in [-0.3, -0.25) is 0 Å². The fourth-order valence-corrected chi connectivity index (χ4v) is 2.67. The van der Waals surface area contributed by atoms with Crippen molar-refractivity contribution in [2.24, 2.45) is 5.73 Å². The highest BCUT2D eigenvalue weighted by Gasteiger charge is 2.46. The van der Waals surface area contributed by atoms with Gasteiger partial charge in [-0.05, 0) is 33.1 Å². The van der Waals surface area contributed by atoms with Crippen LogP contribution in [0.5, 0.6) is 0 Å². The van der Waals surface area contributed by atoms with Crippen LogP contribution in [0.3, 0.4) is 0 Å². The Balaban J connectivity index is 2.02. The van der Waals surface area contributed by atoms with Gasteiger partial charge in [-0.2, -0.15) is 0 Å². The third-order valence-corrected chi connectivity index (χ3v) is 3.23. The molecule has 14 heavy (non-hydrogen) atoms. The van der Waals surface area contributed by atoms with E-state index >= 15 is 0 Å². The highest BCUT2D eigenvalue weighted by atomic mass is 16.2. The van der Waals surface area contributed by atoms with E-state index in [1.807, 2.05) is 18.7 Å². The first-order valence-electron chi connectivity index (χ1n) is 5.44. The van der Waals surface area contributed by atoms with E-state index in [4.69, 9.17) is 5.73 Å². The number of hydrogen-bond donors (Lipinski definition) is 2. The molecule has 0 saturated carbocycles. The van der Waals surface area contributed by atoms with Gasteiger partial charge in [-0.25, -0.2) is 4.79 Å². The summed E-state index contributed by atoms with van der Waals surface area (Å²) in [6.07, 6.45) is 3.19. The first-order chi connectivity index (χ1) is 6.59. The summed E-state index contributed by atoms with van der Waals surface area (Å²) in [7, 11) is 0. The molecule has 2 aliphatic heterocycles. The van der Waals surface area contributed by atoms with E-state index in [-0.39, 0.29) is 18.1 Å². The van der Waals surface area contributed by atoms with Gasteiger partial charge in [0.25, 0.3) is 0 Å². The van der Waals surface area contributed by atoms with Crippen molar-refractivity contribution in [1.82, 2.24) is 10.2 Å². The van der Waals surface area contributed by atoms with E-state index in [2.05, 4.69) is 5.32 Å². The van der Waals surface area contributed by atoms with E-state index in [1.165, 1.54) is 0 Å². The van der Waals surface area contributed by atoms with Gasteiger partial charge in [0.15, 0.2) is 0 Å². The smallest absolute Gasteiger partial charge is 0.318 e. The van der Waals surface area contributed by atoms with Gasteiger partial charge in [0.1, 0.15) is 0 Å². The molecule has 0 aromatic heterocycles. The van der Waals surface area contributed by atoms with Gasteiger partial charge < -0.3 is 16.0 Å². The zero-order valence-electron chi connectivity index (χ0n) is 8.86. The third-order valence-electron chi connectivity index (χ3n) is 3.23. The lowest BCUT2D eigenvalue weighted by Gasteiger charge is -2.24. The van der Waals surface area contributed by atoms with Crippen LogP contribution in [0.15, 0.2) is 0 Å². The molecule has 2 rings (SSSR count). The summed E-state index contributed by atoms with van der Waals surface area (Å²) in [6.45, 7) is 3.96. The molecule has 0 aromatic rings. The van der Waals surface area contributed by atoms with E-state index in [9.17, 15) is 4.79 Å². The number of fused-ring (bicyclic) bond motifs is 2. The minimum Gasteiger partial charge on any atom is -0.336 e. The van der Waals surface area contributed by atoms with Gasteiger partial charge in [-0.1, -0.05) is 0 Å². The van der Waals surface area contributed by atoms with E-state index in [1.54, 1.807) is 0 Å². The molecule has 0 spiro atoms. The van der Waals surface area contributed by atoms with Crippen molar-refractivity contribution in [2.45, 2.75) is 57.3 Å². The molecule has 3 N–H and O–H groups in total. The van der Waals surface area contributed by atoms with E-state index in [0.717, 1.165) is 19.3 Å². The Bertz CT molecular complexity index is 242. The largest absolute Gasteiger partial charge is 0.336 e. The minimum atomic E-state index is 0.0699. The number of amides is 2. The van der Waals surface area contributed by atoms with Crippen LogP contribution in [0.4, 0.5) is 4.79 Å². The Morgan fingerprint density at radius 1 is 1.50 bits per heavy atom. The van der Waals surface area contributed by atoms with Crippen molar-refractivity contribution in [3.8, 4) is 0 Å². The number of urea groups is 1. The average Bonchev–Trinajstić information content (AvgIpc) is 2.58. The quantitative estimate of drug-likeness (QED) is 0.649. The number of nitrogens with two attached hydrogens (primary N) is 1. The highest BCUT2D eigenvalue weighted by molar-refractivity contribution is 5.76. The van der Waals surface area contributed by atoms with Gasteiger partial charge >= 0.3 is 6.03 Å². The van der Waals surface area contributed by atoms with Crippen molar-refractivity contribution in [2.75, 3.05) is 0 Å². The second kappa shape index (κ2) is 3.42. The van der Waals surface area contributed by atoms with Crippen molar-refractivity contribution in [3.63, 3.8) is 0 Å². The van der Waals surface area contributed by atoms with E-state index < -0.39 is 0 Å². The summed E-state index contributed by atoms with van der Waals surface area (Å²) < 4.78 is 0. The van der Waals surface area contributed by atoms with E-state index in [0.29, 0.717) is 12.1 Å². The number of hydrogen-bond acceptors (Lipinski definition) is 2. The molecule has 0 radical (unpaired) electrons. The summed E-state index contributed by atoms with van der Waals surface area (Å²) in [5.74, 6) is 0. The average molecular weight is 197 g/mol. The lowest BCUT2D eigenvalue weighted by molar-refractivity contribution is 0.188. The topological polar surface area (TPSA) is 58.4 Å². The minimum absolute atomic E-state index is 0.0699. The van der Waals surface area contributed by atoms with Crippen LogP contribution in [0, 0.1) is 0 Å². The third kappa shape index (κ3) is 1.47. The normalized spacial score (nSPS) is 35.4. The number of carbonyl (C=O) groups excluding carboxylic acids is 1. The Morgan fingerprint density at radius 2 is 2.21 bits per heavy atom. The van der Waals surface area contributed by atoms with Crippen LogP contribution in [-0.4, -0.2) is 35.1 Å². The molecule has 2 amide bonds. The van der Waals surface area contributed by atoms with Crippen LogP contribution < -0.4 is 11.1 Å². The Kier molecular flexibility index (Phi) is 2.39. The SMILES string of the molecule is CC(C)NC(=O)N1C2CCC1C(N)C2. The monoisotopic (exact) mass is 197 g/mol. The number of carbonyl (C=O) groups is 1. The van der Waals surface area contributed by atoms with Crippen molar-refractivity contribution >= 4 is 6.03 Å². The first-order valence-corrected chi connectivity index (χ1v) is 5.44. The maximum absolute atomic E-state index is 11.8. The molecular formula is C10H19N3O. The van der Waals surface area contributed by atoms with Gasteiger partial charge in [-0.15, -0.1) is 0 Å². The summed E-state index contributed by atoms with van der Waals surface area (Å²) in [5.41, 5.74) is 5.96. The predicted molar refractivity (Wildman–Crippen MR) is 54.9 cm³/mol. The molecule has 3 unspecified atom stereocenters. The number of nitrogens with one attached hydrogen (secondary N) is 1. The molecule has 2 aliphatic rings. The summed E-state index contributed by atoms with van der Waals surface area (Å²) in [6, 6.07) is 1.17. The zero-order valence-corrected chi connectivity index (χ0v) is 8.86. The van der Waals surface area contributed by atoms with Crippen molar-refractivity contribution < 1.29 is 4.79 Å². The molecule has 2 bridgehead atoms. The number of rotatable bonds is 1. The lowest BCUT2D eigenvalue weighted by Crippen LogP contribution is -2.47. The van der Waals surface area contributed by atoms with Crippen LogP contribution in [0.25, 0.3) is 0 Å². The molecule has 0 aromatic carbocycles. The fraction of sp³-hybridized carbons (Fsp3) is 0.900. The number of nitrogens with zero attached hydrogens (tertiary/aromatic N) is 1. The Morgan fingerprint density at radius 3 is 2.64 bits per heavy atom. The predicted octanol–water partition coefficient (Wildman–Crippen LogP) is 0.668. The molecule has 3 atom stereocenters. The van der Waals surface area contributed by atoms with Gasteiger partial charge in [0, 0.05) is 24.2 Å². The second-order valence-corrected chi connectivity index (χ2v) is 4.71. The fourth-order valence-electron chi connectivity index (χ4n) is 2.67. The lowest BCUT2D eigenvalue weighted by atomic mass is 9.97. The molecule has 80 valence electrons. The van der Waals surface area contributed by atoms with Crippen molar-refractivity contribution in [3.05, 3.63) is 0 Å².